The highest BCUT2D eigenvalue weighted by atomic mass is 35.5. The van der Waals surface area contributed by atoms with Crippen LogP contribution >= 0.6 is 11.6 Å². The molecule has 0 aliphatic rings. The average Bonchev–Trinajstić information content (AvgIpc) is 2.32. The second-order valence-electron chi connectivity index (χ2n) is 4.19. The molecule has 0 aromatic heterocycles. The average molecular weight is 273 g/mol. The van der Waals surface area contributed by atoms with Crippen molar-refractivity contribution in [3.05, 3.63) is 23.2 Å². The van der Waals surface area contributed by atoms with E-state index in [-0.39, 0.29) is 6.04 Å². The van der Waals surface area contributed by atoms with Gasteiger partial charge in [0.1, 0.15) is 0 Å². The molecule has 18 heavy (non-hydrogen) atoms. The fourth-order valence-corrected chi connectivity index (χ4v) is 2.07. The third-order valence-corrected chi connectivity index (χ3v) is 3.01. The third-order valence-electron chi connectivity index (χ3n) is 2.78. The van der Waals surface area contributed by atoms with Crippen LogP contribution in [0.15, 0.2) is 18.2 Å². The van der Waals surface area contributed by atoms with E-state index in [1.54, 1.807) is 20.3 Å². The first-order valence-electron chi connectivity index (χ1n) is 5.89. The van der Waals surface area contributed by atoms with Crippen molar-refractivity contribution >= 4 is 23.0 Å². The van der Waals surface area contributed by atoms with Crippen molar-refractivity contribution in [2.24, 2.45) is 0 Å². The maximum Gasteiger partial charge on any atom is 0.0663 e. The van der Waals surface area contributed by atoms with Gasteiger partial charge in [-0.2, -0.15) is 0 Å². The highest BCUT2D eigenvalue weighted by Crippen LogP contribution is 2.27. The molecule has 0 spiro atoms. The van der Waals surface area contributed by atoms with E-state index in [9.17, 15) is 0 Å². The summed E-state index contributed by atoms with van der Waals surface area (Å²) in [6.07, 6.45) is 0. The van der Waals surface area contributed by atoms with Gasteiger partial charge < -0.3 is 20.1 Å². The first-order chi connectivity index (χ1) is 8.60. The molecule has 0 saturated carbocycles. The van der Waals surface area contributed by atoms with E-state index in [2.05, 4.69) is 11.8 Å². The Morgan fingerprint density at radius 2 is 2.06 bits per heavy atom. The van der Waals surface area contributed by atoms with Crippen molar-refractivity contribution in [2.75, 3.05) is 44.6 Å². The zero-order chi connectivity index (χ0) is 13.5. The Labute approximate surface area is 114 Å². The molecule has 1 unspecified atom stereocenters. The fraction of sp³-hybridized carbons (Fsp3) is 0.538. The molecule has 0 heterocycles. The molecule has 0 aliphatic carbocycles. The number of halogens is 1. The van der Waals surface area contributed by atoms with Crippen LogP contribution in [0.3, 0.4) is 0 Å². The Balaban J connectivity index is 2.93. The van der Waals surface area contributed by atoms with Crippen LogP contribution in [-0.4, -0.2) is 40.0 Å². The lowest BCUT2D eigenvalue weighted by Gasteiger charge is -2.31. The van der Waals surface area contributed by atoms with Gasteiger partial charge in [-0.1, -0.05) is 11.6 Å². The molecule has 1 atom stereocenters. The van der Waals surface area contributed by atoms with Crippen LogP contribution in [0.1, 0.15) is 6.92 Å². The molecule has 0 amide bonds. The first kappa shape index (κ1) is 15.1. The SMILES string of the molecule is COCCN(c1ccc(Cl)cc1N)C(C)COC. The van der Waals surface area contributed by atoms with Gasteiger partial charge in [-0.3, -0.25) is 0 Å². The van der Waals surface area contributed by atoms with Crippen molar-refractivity contribution in [3.63, 3.8) is 0 Å². The van der Waals surface area contributed by atoms with Crippen LogP contribution < -0.4 is 10.6 Å². The number of rotatable bonds is 7. The minimum Gasteiger partial charge on any atom is -0.397 e. The molecular formula is C13H21ClN2O2. The Bertz CT molecular complexity index is 374. The third kappa shape index (κ3) is 4.05. The summed E-state index contributed by atoms with van der Waals surface area (Å²) in [6, 6.07) is 5.75. The summed E-state index contributed by atoms with van der Waals surface area (Å²) in [5, 5.41) is 0.641. The van der Waals surface area contributed by atoms with Gasteiger partial charge in [0, 0.05) is 31.8 Å². The van der Waals surface area contributed by atoms with E-state index in [0.29, 0.717) is 23.9 Å². The van der Waals surface area contributed by atoms with E-state index in [1.165, 1.54) is 0 Å². The Morgan fingerprint density at radius 1 is 1.33 bits per heavy atom. The second kappa shape index (κ2) is 7.46. The lowest BCUT2D eigenvalue weighted by Crippen LogP contribution is -2.39. The summed E-state index contributed by atoms with van der Waals surface area (Å²) in [7, 11) is 3.38. The van der Waals surface area contributed by atoms with Gasteiger partial charge in [0.15, 0.2) is 0 Å². The van der Waals surface area contributed by atoms with Gasteiger partial charge in [-0.25, -0.2) is 0 Å². The normalized spacial score (nSPS) is 12.4. The zero-order valence-electron chi connectivity index (χ0n) is 11.1. The molecule has 1 rings (SSSR count). The fourth-order valence-electron chi connectivity index (χ4n) is 1.89. The van der Waals surface area contributed by atoms with Crippen LogP contribution in [0.2, 0.25) is 5.02 Å². The number of hydrogen-bond donors (Lipinski definition) is 1. The summed E-state index contributed by atoms with van der Waals surface area (Å²) in [5.41, 5.74) is 7.65. The topological polar surface area (TPSA) is 47.7 Å². The quantitative estimate of drug-likeness (QED) is 0.775. The molecule has 0 bridgehead atoms. The smallest absolute Gasteiger partial charge is 0.0663 e. The maximum atomic E-state index is 6.02. The molecule has 1 aromatic rings. The Kier molecular flexibility index (Phi) is 6.25. The molecule has 0 radical (unpaired) electrons. The summed E-state index contributed by atoms with van der Waals surface area (Å²) >= 11 is 5.92. The monoisotopic (exact) mass is 272 g/mol. The van der Waals surface area contributed by atoms with Gasteiger partial charge in [0.05, 0.1) is 24.6 Å². The van der Waals surface area contributed by atoms with Crippen LogP contribution in [0.25, 0.3) is 0 Å². The van der Waals surface area contributed by atoms with Gasteiger partial charge in [0.2, 0.25) is 0 Å². The number of nitrogen functional groups attached to an aromatic ring is 1. The summed E-state index contributed by atoms with van der Waals surface area (Å²) in [5.74, 6) is 0. The summed E-state index contributed by atoms with van der Waals surface area (Å²) < 4.78 is 10.3. The van der Waals surface area contributed by atoms with E-state index in [4.69, 9.17) is 26.8 Å². The van der Waals surface area contributed by atoms with Crippen molar-refractivity contribution in [2.45, 2.75) is 13.0 Å². The predicted octanol–water partition coefficient (Wildman–Crippen LogP) is 2.41. The summed E-state index contributed by atoms with van der Waals surface area (Å²) in [6.45, 7) is 4.11. The highest BCUT2D eigenvalue weighted by Gasteiger charge is 2.16. The molecule has 1 aromatic carbocycles. The van der Waals surface area contributed by atoms with Crippen molar-refractivity contribution < 1.29 is 9.47 Å². The minimum atomic E-state index is 0.216. The van der Waals surface area contributed by atoms with Crippen LogP contribution in [0.5, 0.6) is 0 Å². The van der Waals surface area contributed by atoms with E-state index >= 15 is 0 Å². The highest BCUT2D eigenvalue weighted by molar-refractivity contribution is 6.31. The molecule has 4 nitrogen and oxygen atoms in total. The maximum absolute atomic E-state index is 6.02. The van der Waals surface area contributed by atoms with E-state index in [0.717, 1.165) is 12.2 Å². The lowest BCUT2D eigenvalue weighted by molar-refractivity contribution is 0.171. The second-order valence-corrected chi connectivity index (χ2v) is 4.63. The zero-order valence-corrected chi connectivity index (χ0v) is 11.9. The number of benzene rings is 1. The first-order valence-corrected chi connectivity index (χ1v) is 6.27. The van der Waals surface area contributed by atoms with Gasteiger partial charge >= 0.3 is 0 Å². The van der Waals surface area contributed by atoms with Crippen LogP contribution in [-0.2, 0) is 9.47 Å². The van der Waals surface area contributed by atoms with E-state index in [1.807, 2.05) is 12.1 Å². The molecule has 0 aliphatic heterocycles. The van der Waals surface area contributed by atoms with Crippen LogP contribution in [0, 0.1) is 0 Å². The largest absolute Gasteiger partial charge is 0.397 e. The number of nitrogens with two attached hydrogens (primary N) is 1. The van der Waals surface area contributed by atoms with E-state index < -0.39 is 0 Å². The number of ether oxygens (including phenoxy) is 2. The van der Waals surface area contributed by atoms with Gasteiger partial charge in [-0.05, 0) is 25.1 Å². The molecule has 5 heteroatoms. The number of methoxy groups -OCH3 is 2. The molecule has 0 fully saturated rings. The lowest BCUT2D eigenvalue weighted by atomic mass is 10.2. The molecular weight excluding hydrogens is 252 g/mol. The number of hydrogen-bond acceptors (Lipinski definition) is 4. The van der Waals surface area contributed by atoms with Crippen molar-refractivity contribution in [1.82, 2.24) is 0 Å². The minimum absolute atomic E-state index is 0.216. The van der Waals surface area contributed by atoms with Crippen molar-refractivity contribution in [3.8, 4) is 0 Å². The Morgan fingerprint density at radius 3 is 2.61 bits per heavy atom. The van der Waals surface area contributed by atoms with Gasteiger partial charge in [0.25, 0.3) is 0 Å². The standard InChI is InChI=1S/C13H21ClN2O2/c1-10(9-18-3)16(6-7-17-2)13-5-4-11(14)8-12(13)15/h4-5,8,10H,6-7,9,15H2,1-3H3. The number of anilines is 2. The molecule has 2 N–H and O–H groups in total. The number of nitrogens with zero attached hydrogens (tertiary/aromatic N) is 1. The molecule has 0 saturated heterocycles. The van der Waals surface area contributed by atoms with Crippen LogP contribution in [0.4, 0.5) is 11.4 Å². The molecule has 102 valence electrons. The Hall–Kier alpha value is -0.970. The van der Waals surface area contributed by atoms with Gasteiger partial charge in [-0.15, -0.1) is 0 Å². The summed E-state index contributed by atoms with van der Waals surface area (Å²) in [4.78, 5) is 2.17. The predicted molar refractivity (Wildman–Crippen MR) is 76.4 cm³/mol. The van der Waals surface area contributed by atoms with Crippen molar-refractivity contribution in [1.29, 1.82) is 0 Å².